The minimum absolute atomic E-state index is 0.0733. The van der Waals surface area contributed by atoms with E-state index in [-0.39, 0.29) is 11.6 Å². The standard InChI is InChI=1S/C16H11O2/c1-2-10-7-8-13-14(9-10)16(18)12-6-4-3-5-11(12)15(13)17/h3-9H,1-2H2. The molecule has 0 amide bonds. The lowest BCUT2D eigenvalue weighted by atomic mass is 9.83. The van der Waals surface area contributed by atoms with E-state index in [0.717, 1.165) is 5.56 Å². The van der Waals surface area contributed by atoms with Gasteiger partial charge in [0.1, 0.15) is 0 Å². The average molecular weight is 235 g/mol. The Hall–Kier alpha value is -2.22. The molecule has 2 aromatic rings. The summed E-state index contributed by atoms with van der Waals surface area (Å²) in [5.74, 6) is -0.147. The summed E-state index contributed by atoms with van der Waals surface area (Å²) in [6.45, 7) is 3.80. The Morgan fingerprint density at radius 3 is 1.94 bits per heavy atom. The smallest absolute Gasteiger partial charge is 0.194 e. The quantitative estimate of drug-likeness (QED) is 0.650. The molecule has 1 aliphatic carbocycles. The van der Waals surface area contributed by atoms with Crippen molar-refractivity contribution in [3.63, 3.8) is 0 Å². The van der Waals surface area contributed by atoms with Crippen molar-refractivity contribution in [2.24, 2.45) is 0 Å². The predicted octanol–water partition coefficient (Wildman–Crippen LogP) is 2.84. The zero-order chi connectivity index (χ0) is 12.7. The fourth-order valence-electron chi connectivity index (χ4n) is 2.30. The summed E-state index contributed by atoms with van der Waals surface area (Å²) in [6, 6.07) is 12.3. The van der Waals surface area contributed by atoms with Gasteiger partial charge in [-0.25, -0.2) is 0 Å². The van der Waals surface area contributed by atoms with Crippen molar-refractivity contribution in [2.45, 2.75) is 6.42 Å². The van der Waals surface area contributed by atoms with Gasteiger partial charge in [-0.3, -0.25) is 9.59 Å². The summed E-state index contributed by atoms with van der Waals surface area (Å²) in [4.78, 5) is 24.6. The molecule has 0 atom stereocenters. The van der Waals surface area contributed by atoms with Crippen LogP contribution < -0.4 is 0 Å². The van der Waals surface area contributed by atoms with Crippen LogP contribution in [0.15, 0.2) is 42.5 Å². The Morgan fingerprint density at radius 2 is 1.33 bits per heavy atom. The second-order valence-electron chi connectivity index (χ2n) is 4.33. The number of rotatable bonds is 1. The van der Waals surface area contributed by atoms with Crippen LogP contribution in [-0.2, 0) is 6.42 Å². The van der Waals surface area contributed by atoms with Crippen LogP contribution in [0, 0.1) is 6.92 Å². The Labute approximate surface area is 105 Å². The molecule has 3 rings (SSSR count). The number of carbonyl (C=O) groups is 2. The average Bonchev–Trinajstić information content (AvgIpc) is 2.44. The third-order valence-electron chi connectivity index (χ3n) is 3.28. The summed E-state index contributed by atoms with van der Waals surface area (Å²) in [5, 5.41) is 0. The molecule has 1 aliphatic rings. The van der Waals surface area contributed by atoms with Crippen LogP contribution >= 0.6 is 0 Å². The van der Waals surface area contributed by atoms with Crippen molar-refractivity contribution in [3.05, 3.63) is 77.2 Å². The first-order valence-corrected chi connectivity index (χ1v) is 5.83. The van der Waals surface area contributed by atoms with Crippen molar-refractivity contribution in [1.29, 1.82) is 0 Å². The van der Waals surface area contributed by atoms with E-state index in [1.807, 2.05) is 6.07 Å². The highest BCUT2D eigenvalue weighted by atomic mass is 16.1. The molecule has 0 saturated heterocycles. The van der Waals surface area contributed by atoms with E-state index in [4.69, 9.17) is 0 Å². The first kappa shape index (κ1) is 10.9. The van der Waals surface area contributed by atoms with Gasteiger partial charge in [0.25, 0.3) is 0 Å². The third-order valence-corrected chi connectivity index (χ3v) is 3.28. The van der Waals surface area contributed by atoms with E-state index in [1.165, 1.54) is 0 Å². The third kappa shape index (κ3) is 1.42. The van der Waals surface area contributed by atoms with Gasteiger partial charge in [0.15, 0.2) is 11.6 Å². The molecule has 2 nitrogen and oxygen atoms in total. The van der Waals surface area contributed by atoms with Gasteiger partial charge in [-0.05, 0) is 25.0 Å². The molecule has 2 aromatic carbocycles. The van der Waals surface area contributed by atoms with Crippen molar-refractivity contribution >= 4 is 11.6 Å². The fourth-order valence-corrected chi connectivity index (χ4v) is 2.30. The zero-order valence-electron chi connectivity index (χ0n) is 9.77. The SMILES string of the molecule is [CH2]Cc1ccc2c(c1)C(=O)c1ccccc1C2=O. The van der Waals surface area contributed by atoms with Gasteiger partial charge >= 0.3 is 0 Å². The number of benzene rings is 2. The van der Waals surface area contributed by atoms with Gasteiger partial charge < -0.3 is 0 Å². The van der Waals surface area contributed by atoms with E-state index in [9.17, 15) is 9.59 Å². The summed E-state index contributed by atoms with van der Waals surface area (Å²) >= 11 is 0. The van der Waals surface area contributed by atoms with Crippen molar-refractivity contribution in [2.75, 3.05) is 0 Å². The van der Waals surface area contributed by atoms with E-state index >= 15 is 0 Å². The summed E-state index contributed by atoms with van der Waals surface area (Å²) < 4.78 is 0. The number of hydrogen-bond donors (Lipinski definition) is 0. The Bertz CT molecular complexity index is 669. The molecule has 18 heavy (non-hydrogen) atoms. The molecule has 0 saturated carbocycles. The van der Waals surface area contributed by atoms with Crippen LogP contribution in [0.2, 0.25) is 0 Å². The predicted molar refractivity (Wildman–Crippen MR) is 68.8 cm³/mol. The van der Waals surface area contributed by atoms with Crippen LogP contribution in [0.3, 0.4) is 0 Å². The number of hydrogen-bond acceptors (Lipinski definition) is 2. The fraction of sp³-hybridized carbons (Fsp3) is 0.0625. The minimum Gasteiger partial charge on any atom is -0.289 e. The lowest BCUT2D eigenvalue weighted by Gasteiger charge is -2.17. The van der Waals surface area contributed by atoms with Crippen LogP contribution in [0.1, 0.15) is 37.4 Å². The van der Waals surface area contributed by atoms with Crippen molar-refractivity contribution in [3.8, 4) is 0 Å². The second kappa shape index (κ2) is 3.91. The number of ketones is 2. The van der Waals surface area contributed by atoms with Gasteiger partial charge in [0, 0.05) is 22.3 Å². The summed E-state index contributed by atoms with van der Waals surface area (Å²) in [5.41, 5.74) is 2.96. The lowest BCUT2D eigenvalue weighted by Crippen LogP contribution is -2.20. The Balaban J connectivity index is 2.27. The molecule has 0 bridgehead atoms. The van der Waals surface area contributed by atoms with Gasteiger partial charge in [-0.2, -0.15) is 0 Å². The highest BCUT2D eigenvalue weighted by molar-refractivity contribution is 6.28. The zero-order valence-corrected chi connectivity index (χ0v) is 9.77. The van der Waals surface area contributed by atoms with Crippen LogP contribution in [-0.4, -0.2) is 11.6 Å². The van der Waals surface area contributed by atoms with Crippen LogP contribution in [0.25, 0.3) is 0 Å². The van der Waals surface area contributed by atoms with Gasteiger partial charge in [0.2, 0.25) is 0 Å². The van der Waals surface area contributed by atoms with Gasteiger partial charge in [0.05, 0.1) is 0 Å². The molecule has 0 heterocycles. The molecule has 0 fully saturated rings. The molecule has 0 N–H and O–H groups in total. The maximum Gasteiger partial charge on any atom is 0.194 e. The monoisotopic (exact) mass is 235 g/mol. The second-order valence-corrected chi connectivity index (χ2v) is 4.33. The van der Waals surface area contributed by atoms with Gasteiger partial charge in [-0.1, -0.05) is 36.4 Å². The Kier molecular flexibility index (Phi) is 2.37. The normalized spacial score (nSPS) is 13.2. The first-order valence-electron chi connectivity index (χ1n) is 5.83. The molecular weight excluding hydrogens is 224 g/mol. The largest absolute Gasteiger partial charge is 0.289 e. The molecular formula is C16H11O2. The van der Waals surface area contributed by atoms with Gasteiger partial charge in [-0.15, -0.1) is 0 Å². The highest BCUT2D eigenvalue weighted by Crippen LogP contribution is 2.27. The summed E-state index contributed by atoms with van der Waals surface area (Å²) in [7, 11) is 0. The molecule has 0 spiro atoms. The molecule has 0 unspecified atom stereocenters. The highest BCUT2D eigenvalue weighted by Gasteiger charge is 2.28. The minimum atomic E-state index is -0.0736. The van der Waals surface area contributed by atoms with Crippen LogP contribution in [0.5, 0.6) is 0 Å². The molecule has 2 heteroatoms. The topological polar surface area (TPSA) is 34.1 Å². The van der Waals surface area contributed by atoms with E-state index in [0.29, 0.717) is 28.7 Å². The van der Waals surface area contributed by atoms with E-state index in [1.54, 1.807) is 36.4 Å². The maximum absolute atomic E-state index is 12.3. The first-order chi connectivity index (χ1) is 8.72. The lowest BCUT2D eigenvalue weighted by molar-refractivity contribution is 0.0979. The molecule has 1 radical (unpaired) electrons. The molecule has 0 aromatic heterocycles. The van der Waals surface area contributed by atoms with Crippen molar-refractivity contribution in [1.82, 2.24) is 0 Å². The number of carbonyl (C=O) groups excluding carboxylic acids is 2. The van der Waals surface area contributed by atoms with E-state index in [2.05, 4.69) is 6.92 Å². The molecule has 0 aliphatic heterocycles. The van der Waals surface area contributed by atoms with Crippen molar-refractivity contribution < 1.29 is 9.59 Å². The van der Waals surface area contributed by atoms with Crippen LogP contribution in [0.4, 0.5) is 0 Å². The summed E-state index contributed by atoms with van der Waals surface area (Å²) in [6.07, 6.45) is 0.608. The van der Waals surface area contributed by atoms with E-state index < -0.39 is 0 Å². The number of fused-ring (bicyclic) bond motifs is 2. The maximum atomic E-state index is 12.3. The molecule has 87 valence electrons. The Morgan fingerprint density at radius 1 is 0.778 bits per heavy atom.